The van der Waals surface area contributed by atoms with Crippen LogP contribution in [0, 0.1) is 11.3 Å². The van der Waals surface area contributed by atoms with Crippen LogP contribution in [0.15, 0.2) is 12.2 Å². The Morgan fingerprint density at radius 1 is 1.38 bits per heavy atom. The summed E-state index contributed by atoms with van der Waals surface area (Å²) in [5, 5.41) is 13.2. The fraction of sp³-hybridized carbons (Fsp3) is 0.857. The molecule has 3 atom stereocenters. The third-order valence-electron chi connectivity index (χ3n) is 4.47. The molecule has 1 fully saturated rings. The number of hydrogen-bond acceptors (Lipinski definition) is 2. The summed E-state index contributed by atoms with van der Waals surface area (Å²) < 4.78 is 0. The Morgan fingerprint density at radius 2 is 2.25 bits per heavy atom. The van der Waals surface area contributed by atoms with Gasteiger partial charge in [0.05, 0.1) is 0 Å². The van der Waals surface area contributed by atoms with Crippen LogP contribution >= 0.6 is 0 Å². The Bertz CT molecular complexity index is 251. The van der Waals surface area contributed by atoms with Crippen LogP contribution in [0.5, 0.6) is 0 Å². The van der Waals surface area contributed by atoms with Gasteiger partial charge in [0.1, 0.15) is 0 Å². The molecular weight excluding hydrogens is 198 g/mol. The molecule has 2 heteroatoms. The fourth-order valence-corrected chi connectivity index (χ4v) is 3.12. The van der Waals surface area contributed by atoms with Gasteiger partial charge in [-0.1, -0.05) is 25.5 Å². The van der Waals surface area contributed by atoms with Gasteiger partial charge < -0.3 is 10.4 Å². The molecule has 2 rings (SSSR count). The normalized spacial score (nSPS) is 39.1. The van der Waals surface area contributed by atoms with Crippen molar-refractivity contribution in [2.24, 2.45) is 11.3 Å². The maximum absolute atomic E-state index is 9.48. The number of aliphatic hydroxyl groups is 1. The summed E-state index contributed by atoms with van der Waals surface area (Å²) in [6, 6.07) is 0.531. The molecule has 0 aliphatic heterocycles. The zero-order valence-electron chi connectivity index (χ0n) is 10.4. The van der Waals surface area contributed by atoms with Crippen LogP contribution < -0.4 is 5.32 Å². The summed E-state index contributed by atoms with van der Waals surface area (Å²) in [4.78, 5) is 0. The van der Waals surface area contributed by atoms with Gasteiger partial charge in [0, 0.05) is 18.1 Å². The number of allylic oxidation sites excluding steroid dienone is 2. The van der Waals surface area contributed by atoms with Gasteiger partial charge in [0.25, 0.3) is 0 Å². The predicted molar refractivity (Wildman–Crippen MR) is 67.3 cm³/mol. The van der Waals surface area contributed by atoms with E-state index in [9.17, 15) is 5.11 Å². The first-order valence-corrected chi connectivity index (χ1v) is 6.74. The average molecular weight is 223 g/mol. The molecule has 0 aromatic heterocycles. The second-order valence-electron chi connectivity index (χ2n) is 5.82. The van der Waals surface area contributed by atoms with Crippen LogP contribution in [0.4, 0.5) is 0 Å². The van der Waals surface area contributed by atoms with Crippen molar-refractivity contribution in [3.8, 4) is 0 Å². The SMILES string of the molecule is C[C@]1(CO)CCC[C@H]1NC[C@H]1CC=CCC1. The van der Waals surface area contributed by atoms with Crippen LogP contribution in [0.2, 0.25) is 0 Å². The Labute approximate surface area is 99.1 Å². The van der Waals surface area contributed by atoms with Crippen molar-refractivity contribution in [1.82, 2.24) is 5.32 Å². The summed E-state index contributed by atoms with van der Waals surface area (Å²) in [6.07, 6.45) is 12.1. The topological polar surface area (TPSA) is 32.3 Å². The largest absolute Gasteiger partial charge is 0.396 e. The molecular formula is C14H25NO. The zero-order valence-corrected chi connectivity index (χ0v) is 10.4. The summed E-state index contributed by atoms with van der Waals surface area (Å²) in [7, 11) is 0. The van der Waals surface area contributed by atoms with Crippen molar-refractivity contribution in [3.05, 3.63) is 12.2 Å². The highest BCUT2D eigenvalue weighted by atomic mass is 16.3. The van der Waals surface area contributed by atoms with Crippen molar-refractivity contribution >= 4 is 0 Å². The maximum atomic E-state index is 9.48. The maximum Gasteiger partial charge on any atom is 0.0499 e. The van der Waals surface area contributed by atoms with Crippen molar-refractivity contribution in [3.63, 3.8) is 0 Å². The molecule has 0 aromatic carbocycles. The van der Waals surface area contributed by atoms with Gasteiger partial charge in [-0.3, -0.25) is 0 Å². The Balaban J connectivity index is 1.78. The summed E-state index contributed by atoms with van der Waals surface area (Å²) in [5.74, 6) is 0.813. The van der Waals surface area contributed by atoms with Crippen molar-refractivity contribution in [2.45, 2.75) is 51.5 Å². The first kappa shape index (κ1) is 12.1. The lowest BCUT2D eigenvalue weighted by Gasteiger charge is -2.32. The Hall–Kier alpha value is -0.340. The minimum atomic E-state index is 0.129. The van der Waals surface area contributed by atoms with E-state index in [4.69, 9.17) is 0 Å². The van der Waals surface area contributed by atoms with E-state index >= 15 is 0 Å². The van der Waals surface area contributed by atoms with Gasteiger partial charge in [-0.25, -0.2) is 0 Å². The third kappa shape index (κ3) is 2.67. The van der Waals surface area contributed by atoms with Crippen molar-refractivity contribution < 1.29 is 5.11 Å². The first-order valence-electron chi connectivity index (χ1n) is 6.74. The molecule has 2 aliphatic carbocycles. The smallest absolute Gasteiger partial charge is 0.0499 e. The Morgan fingerprint density at radius 3 is 2.94 bits per heavy atom. The van der Waals surface area contributed by atoms with E-state index in [0.717, 1.165) is 12.5 Å². The average Bonchev–Trinajstić information content (AvgIpc) is 2.70. The highest BCUT2D eigenvalue weighted by molar-refractivity contribution is 4.95. The monoisotopic (exact) mass is 223 g/mol. The van der Waals surface area contributed by atoms with Crippen LogP contribution in [-0.2, 0) is 0 Å². The zero-order chi connectivity index (χ0) is 11.4. The molecule has 0 unspecified atom stereocenters. The fourth-order valence-electron chi connectivity index (χ4n) is 3.12. The molecule has 16 heavy (non-hydrogen) atoms. The highest BCUT2D eigenvalue weighted by Gasteiger charge is 2.37. The van der Waals surface area contributed by atoms with E-state index in [-0.39, 0.29) is 5.41 Å². The highest BCUT2D eigenvalue weighted by Crippen LogP contribution is 2.37. The van der Waals surface area contributed by atoms with Crippen LogP contribution in [0.3, 0.4) is 0 Å². The van der Waals surface area contributed by atoms with E-state index in [1.54, 1.807) is 0 Å². The molecule has 2 nitrogen and oxygen atoms in total. The lowest BCUT2D eigenvalue weighted by Crippen LogP contribution is -2.43. The second-order valence-corrected chi connectivity index (χ2v) is 5.82. The summed E-state index contributed by atoms with van der Waals surface area (Å²) in [5.41, 5.74) is 0.129. The van der Waals surface area contributed by atoms with Crippen molar-refractivity contribution in [1.29, 1.82) is 0 Å². The Kier molecular flexibility index (Phi) is 4.04. The van der Waals surface area contributed by atoms with Crippen LogP contribution in [0.25, 0.3) is 0 Å². The van der Waals surface area contributed by atoms with E-state index in [2.05, 4.69) is 24.4 Å². The van der Waals surface area contributed by atoms with Crippen LogP contribution in [0.1, 0.15) is 45.4 Å². The summed E-state index contributed by atoms with van der Waals surface area (Å²) >= 11 is 0. The molecule has 0 saturated heterocycles. The van der Waals surface area contributed by atoms with E-state index in [0.29, 0.717) is 12.6 Å². The quantitative estimate of drug-likeness (QED) is 0.718. The van der Waals surface area contributed by atoms with Gasteiger partial charge in [0.15, 0.2) is 0 Å². The van der Waals surface area contributed by atoms with Gasteiger partial charge in [0.2, 0.25) is 0 Å². The second kappa shape index (κ2) is 5.33. The minimum absolute atomic E-state index is 0.129. The molecule has 1 saturated carbocycles. The lowest BCUT2D eigenvalue weighted by molar-refractivity contribution is 0.116. The molecule has 2 aliphatic rings. The van der Waals surface area contributed by atoms with Gasteiger partial charge in [-0.2, -0.15) is 0 Å². The molecule has 0 spiro atoms. The first-order chi connectivity index (χ1) is 7.74. The standard InChI is InChI=1S/C14H25NO/c1-14(11-16)9-5-8-13(14)15-10-12-6-3-2-4-7-12/h2-3,12-13,15-16H,4-11H2,1H3/t12-,13+,14+/m0/s1. The molecule has 0 heterocycles. The van der Waals surface area contributed by atoms with Crippen molar-refractivity contribution in [2.75, 3.05) is 13.2 Å². The van der Waals surface area contributed by atoms with Gasteiger partial charge in [-0.15, -0.1) is 0 Å². The van der Waals surface area contributed by atoms with Crippen LogP contribution in [-0.4, -0.2) is 24.3 Å². The van der Waals surface area contributed by atoms with E-state index in [1.807, 2.05) is 0 Å². The lowest BCUT2D eigenvalue weighted by atomic mass is 9.85. The predicted octanol–water partition coefficient (Wildman–Crippen LogP) is 2.48. The molecule has 92 valence electrons. The molecule has 0 bridgehead atoms. The number of rotatable bonds is 4. The third-order valence-corrected chi connectivity index (χ3v) is 4.47. The number of hydrogen-bond donors (Lipinski definition) is 2. The molecule has 2 N–H and O–H groups in total. The molecule has 0 radical (unpaired) electrons. The van der Waals surface area contributed by atoms with E-state index < -0.39 is 0 Å². The molecule has 0 amide bonds. The number of aliphatic hydroxyl groups excluding tert-OH is 1. The summed E-state index contributed by atoms with van der Waals surface area (Å²) in [6.45, 7) is 3.68. The van der Waals surface area contributed by atoms with E-state index in [1.165, 1.54) is 38.5 Å². The minimum Gasteiger partial charge on any atom is -0.396 e. The number of nitrogens with one attached hydrogen (secondary N) is 1. The van der Waals surface area contributed by atoms with Gasteiger partial charge >= 0.3 is 0 Å². The molecule has 0 aromatic rings. The van der Waals surface area contributed by atoms with Gasteiger partial charge in [-0.05, 0) is 44.6 Å².